The maximum absolute atomic E-state index is 12.3. The molecule has 0 radical (unpaired) electrons. The standard InChI is InChI=1S/C13H12N4O2S/c1-9-2-3-10(7-14)6-13(9)20(18,19)17-12-4-5-16-8-11(12)15/h2-6,8H,15H2,1H3,(H,16,17). The highest BCUT2D eigenvalue weighted by Crippen LogP contribution is 2.23. The van der Waals surface area contributed by atoms with Crippen molar-refractivity contribution in [2.75, 3.05) is 10.5 Å². The van der Waals surface area contributed by atoms with Gasteiger partial charge in [-0.05, 0) is 30.7 Å². The van der Waals surface area contributed by atoms with Crippen LogP contribution in [-0.4, -0.2) is 13.4 Å². The third-order valence-corrected chi connectivity index (χ3v) is 4.21. The Hall–Kier alpha value is -2.59. The van der Waals surface area contributed by atoms with Crippen molar-refractivity contribution in [2.24, 2.45) is 0 Å². The normalized spacial score (nSPS) is 10.8. The Balaban J connectivity index is 2.47. The number of hydrogen-bond acceptors (Lipinski definition) is 5. The van der Waals surface area contributed by atoms with Crippen molar-refractivity contribution in [3.63, 3.8) is 0 Å². The summed E-state index contributed by atoms with van der Waals surface area (Å²) in [6, 6.07) is 7.86. The highest BCUT2D eigenvalue weighted by Gasteiger charge is 2.18. The van der Waals surface area contributed by atoms with Crippen LogP contribution in [0, 0.1) is 18.3 Å². The molecule has 0 aliphatic carbocycles. The van der Waals surface area contributed by atoms with Crippen LogP contribution < -0.4 is 10.5 Å². The molecule has 0 amide bonds. The minimum absolute atomic E-state index is 0.0489. The zero-order valence-electron chi connectivity index (χ0n) is 10.7. The fourth-order valence-corrected chi connectivity index (χ4v) is 3.02. The molecule has 1 aromatic carbocycles. The monoisotopic (exact) mass is 288 g/mol. The first kappa shape index (κ1) is 13.8. The van der Waals surface area contributed by atoms with Crippen LogP contribution in [0.4, 0.5) is 11.4 Å². The number of hydrogen-bond donors (Lipinski definition) is 2. The second-order valence-electron chi connectivity index (χ2n) is 4.16. The molecule has 0 fully saturated rings. The molecule has 0 aliphatic heterocycles. The SMILES string of the molecule is Cc1ccc(C#N)cc1S(=O)(=O)Nc1ccncc1N. The van der Waals surface area contributed by atoms with E-state index in [2.05, 4.69) is 9.71 Å². The summed E-state index contributed by atoms with van der Waals surface area (Å²) >= 11 is 0. The summed E-state index contributed by atoms with van der Waals surface area (Å²) in [6.45, 7) is 1.66. The number of aryl methyl sites for hydroxylation is 1. The zero-order chi connectivity index (χ0) is 14.8. The Morgan fingerprint density at radius 1 is 1.35 bits per heavy atom. The largest absolute Gasteiger partial charge is 0.396 e. The molecule has 0 saturated carbocycles. The first-order valence-electron chi connectivity index (χ1n) is 5.67. The van der Waals surface area contributed by atoms with Gasteiger partial charge in [0.2, 0.25) is 0 Å². The van der Waals surface area contributed by atoms with Crippen LogP contribution >= 0.6 is 0 Å². The van der Waals surface area contributed by atoms with Crippen LogP contribution in [0.1, 0.15) is 11.1 Å². The topological polar surface area (TPSA) is 109 Å². The third kappa shape index (κ3) is 2.70. The van der Waals surface area contributed by atoms with E-state index in [-0.39, 0.29) is 21.8 Å². The van der Waals surface area contributed by atoms with Gasteiger partial charge in [0.15, 0.2) is 0 Å². The third-order valence-electron chi connectivity index (χ3n) is 2.70. The van der Waals surface area contributed by atoms with Crippen molar-refractivity contribution in [3.05, 3.63) is 47.8 Å². The minimum atomic E-state index is -3.81. The summed E-state index contributed by atoms with van der Waals surface area (Å²) in [5, 5.41) is 8.86. The van der Waals surface area contributed by atoms with E-state index in [4.69, 9.17) is 11.0 Å². The number of nitriles is 1. The Morgan fingerprint density at radius 2 is 2.10 bits per heavy atom. The molecule has 102 valence electrons. The Labute approximate surface area is 116 Å². The minimum Gasteiger partial charge on any atom is -0.396 e. The number of nitrogens with zero attached hydrogens (tertiary/aromatic N) is 2. The molecule has 0 atom stereocenters. The molecule has 6 nitrogen and oxygen atoms in total. The lowest BCUT2D eigenvalue weighted by Crippen LogP contribution is -2.15. The summed E-state index contributed by atoms with van der Waals surface area (Å²) in [6.07, 6.45) is 2.79. The van der Waals surface area contributed by atoms with Crippen molar-refractivity contribution in [2.45, 2.75) is 11.8 Å². The van der Waals surface area contributed by atoms with Crippen molar-refractivity contribution in [1.29, 1.82) is 5.26 Å². The van der Waals surface area contributed by atoms with Crippen molar-refractivity contribution in [3.8, 4) is 6.07 Å². The second kappa shape index (κ2) is 5.19. The van der Waals surface area contributed by atoms with Gasteiger partial charge in [0, 0.05) is 6.20 Å². The number of rotatable bonds is 3. The lowest BCUT2D eigenvalue weighted by Gasteiger charge is -2.11. The van der Waals surface area contributed by atoms with Gasteiger partial charge < -0.3 is 5.73 Å². The molecule has 0 bridgehead atoms. The van der Waals surface area contributed by atoms with Crippen molar-refractivity contribution < 1.29 is 8.42 Å². The predicted molar refractivity (Wildman–Crippen MR) is 75.4 cm³/mol. The maximum Gasteiger partial charge on any atom is 0.262 e. The quantitative estimate of drug-likeness (QED) is 0.892. The van der Waals surface area contributed by atoms with Crippen LogP contribution in [0.2, 0.25) is 0 Å². The van der Waals surface area contributed by atoms with Crippen molar-refractivity contribution in [1.82, 2.24) is 4.98 Å². The van der Waals surface area contributed by atoms with Crippen LogP contribution in [-0.2, 0) is 10.0 Å². The van der Waals surface area contributed by atoms with E-state index in [1.54, 1.807) is 19.1 Å². The lowest BCUT2D eigenvalue weighted by molar-refractivity contribution is 0.600. The molecule has 0 saturated heterocycles. The van der Waals surface area contributed by atoms with Crippen molar-refractivity contribution >= 4 is 21.4 Å². The molecule has 0 aliphatic rings. The van der Waals surface area contributed by atoms with E-state index < -0.39 is 10.0 Å². The Morgan fingerprint density at radius 3 is 2.75 bits per heavy atom. The summed E-state index contributed by atoms with van der Waals surface area (Å²) < 4.78 is 27.1. The van der Waals surface area contributed by atoms with E-state index in [0.29, 0.717) is 5.56 Å². The summed E-state index contributed by atoms with van der Waals surface area (Å²) in [5.41, 5.74) is 6.96. The first-order valence-corrected chi connectivity index (χ1v) is 7.15. The van der Waals surface area contributed by atoms with E-state index in [0.717, 1.165) is 0 Å². The molecule has 1 heterocycles. The lowest BCUT2D eigenvalue weighted by atomic mass is 10.2. The number of pyridine rings is 1. The maximum atomic E-state index is 12.3. The molecular formula is C13H12N4O2S. The van der Waals surface area contributed by atoms with Gasteiger partial charge in [-0.25, -0.2) is 8.42 Å². The van der Waals surface area contributed by atoms with Crippen LogP contribution in [0.25, 0.3) is 0 Å². The average molecular weight is 288 g/mol. The molecule has 2 aromatic rings. The van der Waals surface area contributed by atoms with E-state index in [9.17, 15) is 8.42 Å². The van der Waals surface area contributed by atoms with Gasteiger partial charge in [-0.3, -0.25) is 9.71 Å². The number of sulfonamides is 1. The Bertz CT molecular complexity index is 794. The summed E-state index contributed by atoms with van der Waals surface area (Å²) in [7, 11) is -3.81. The second-order valence-corrected chi connectivity index (χ2v) is 5.81. The average Bonchev–Trinajstić information content (AvgIpc) is 2.41. The van der Waals surface area contributed by atoms with Gasteiger partial charge in [-0.2, -0.15) is 5.26 Å². The molecule has 1 aromatic heterocycles. The smallest absolute Gasteiger partial charge is 0.262 e. The summed E-state index contributed by atoms with van der Waals surface area (Å²) in [5.74, 6) is 0. The fourth-order valence-electron chi connectivity index (χ4n) is 1.66. The Kier molecular flexibility index (Phi) is 3.59. The molecule has 7 heteroatoms. The number of aromatic nitrogens is 1. The molecule has 0 spiro atoms. The highest BCUT2D eigenvalue weighted by atomic mass is 32.2. The molecular weight excluding hydrogens is 276 g/mol. The molecule has 2 rings (SSSR count). The number of nitrogens with two attached hydrogens (primary N) is 1. The van der Waals surface area contributed by atoms with Crippen LogP contribution in [0.15, 0.2) is 41.6 Å². The number of anilines is 2. The van der Waals surface area contributed by atoms with E-state index in [1.807, 2.05) is 6.07 Å². The molecule has 3 N–H and O–H groups in total. The zero-order valence-corrected chi connectivity index (χ0v) is 11.5. The molecule has 0 unspecified atom stereocenters. The van der Waals surface area contributed by atoms with E-state index in [1.165, 1.54) is 24.5 Å². The van der Waals surface area contributed by atoms with Gasteiger partial charge in [0.1, 0.15) is 0 Å². The van der Waals surface area contributed by atoms with Gasteiger partial charge in [-0.15, -0.1) is 0 Å². The van der Waals surface area contributed by atoms with Gasteiger partial charge in [0.05, 0.1) is 34.1 Å². The highest BCUT2D eigenvalue weighted by molar-refractivity contribution is 7.92. The van der Waals surface area contributed by atoms with Gasteiger partial charge >= 0.3 is 0 Å². The number of nitrogen functional groups attached to an aromatic ring is 1. The molecule has 20 heavy (non-hydrogen) atoms. The predicted octanol–water partition coefficient (Wildman–Crippen LogP) is 1.64. The van der Waals surface area contributed by atoms with E-state index >= 15 is 0 Å². The van der Waals surface area contributed by atoms with Gasteiger partial charge in [0.25, 0.3) is 10.0 Å². The van der Waals surface area contributed by atoms with Crippen LogP contribution in [0.5, 0.6) is 0 Å². The summed E-state index contributed by atoms with van der Waals surface area (Å²) in [4.78, 5) is 3.84. The first-order chi connectivity index (χ1) is 9.44. The number of nitrogens with one attached hydrogen (secondary N) is 1. The van der Waals surface area contributed by atoms with Crippen LogP contribution in [0.3, 0.4) is 0 Å². The van der Waals surface area contributed by atoms with Gasteiger partial charge in [-0.1, -0.05) is 6.07 Å². The fraction of sp³-hybridized carbons (Fsp3) is 0.0769. The number of benzene rings is 1.